The number of nitrogens with zero attached hydrogens (tertiary/aromatic N) is 1. The van der Waals surface area contributed by atoms with Gasteiger partial charge in [-0.3, -0.25) is 9.59 Å². The Morgan fingerprint density at radius 1 is 1.14 bits per heavy atom. The average Bonchev–Trinajstić information content (AvgIpc) is 2.54. The van der Waals surface area contributed by atoms with Crippen LogP contribution < -0.4 is 10.6 Å². The van der Waals surface area contributed by atoms with Crippen molar-refractivity contribution in [1.29, 1.82) is 0 Å². The molecule has 2 N–H and O–H groups in total. The molecule has 0 bridgehead atoms. The lowest BCUT2D eigenvalue weighted by Gasteiger charge is -2.26. The van der Waals surface area contributed by atoms with Crippen LogP contribution in [0.5, 0.6) is 0 Å². The first kappa shape index (κ1) is 16.2. The predicted molar refractivity (Wildman–Crippen MR) is 79.9 cm³/mol. The van der Waals surface area contributed by atoms with Crippen LogP contribution in [0.3, 0.4) is 0 Å². The van der Waals surface area contributed by atoms with Gasteiger partial charge >= 0.3 is 0 Å². The zero-order valence-corrected chi connectivity index (χ0v) is 12.7. The third-order valence-corrected chi connectivity index (χ3v) is 4.26. The van der Waals surface area contributed by atoms with E-state index in [0.29, 0.717) is 51.6 Å². The molecule has 0 saturated carbocycles. The summed E-state index contributed by atoms with van der Waals surface area (Å²) >= 11 is 0. The molecule has 2 saturated heterocycles. The van der Waals surface area contributed by atoms with E-state index >= 15 is 0 Å². The van der Waals surface area contributed by atoms with Gasteiger partial charge in [-0.2, -0.15) is 0 Å². The highest BCUT2D eigenvalue weighted by molar-refractivity contribution is 5.79. The van der Waals surface area contributed by atoms with E-state index in [-0.39, 0.29) is 11.8 Å². The van der Waals surface area contributed by atoms with Crippen LogP contribution in [0.25, 0.3) is 0 Å². The molecule has 0 aliphatic carbocycles. The number of hydrogen-bond acceptors (Lipinski definition) is 4. The van der Waals surface area contributed by atoms with Crippen LogP contribution in [0.15, 0.2) is 0 Å². The van der Waals surface area contributed by atoms with Crippen molar-refractivity contribution in [1.82, 2.24) is 15.5 Å². The minimum absolute atomic E-state index is 0.0725. The molecule has 0 unspecified atom stereocenters. The summed E-state index contributed by atoms with van der Waals surface area (Å²) in [5, 5.41) is 6.19. The molecule has 2 fully saturated rings. The molecule has 0 spiro atoms. The Morgan fingerprint density at radius 2 is 1.86 bits per heavy atom. The van der Waals surface area contributed by atoms with Gasteiger partial charge in [0.2, 0.25) is 11.8 Å². The molecule has 2 aliphatic rings. The van der Waals surface area contributed by atoms with Gasteiger partial charge in [0.25, 0.3) is 0 Å². The predicted octanol–water partition coefficient (Wildman–Crippen LogP) is 0.131. The van der Waals surface area contributed by atoms with Gasteiger partial charge in [0, 0.05) is 32.5 Å². The van der Waals surface area contributed by atoms with Crippen molar-refractivity contribution in [3.8, 4) is 0 Å². The molecule has 21 heavy (non-hydrogen) atoms. The van der Waals surface area contributed by atoms with Gasteiger partial charge < -0.3 is 20.3 Å². The maximum Gasteiger partial charge on any atom is 0.224 e. The minimum atomic E-state index is 0.0725. The first-order valence-electron chi connectivity index (χ1n) is 8.08. The second-order valence-electron chi connectivity index (χ2n) is 5.83. The lowest BCUT2D eigenvalue weighted by molar-refractivity contribution is -0.135. The van der Waals surface area contributed by atoms with Crippen molar-refractivity contribution in [3.63, 3.8) is 0 Å². The summed E-state index contributed by atoms with van der Waals surface area (Å²) in [7, 11) is 0. The molecular weight excluding hydrogens is 270 g/mol. The number of carbonyl (C=O) groups is 2. The van der Waals surface area contributed by atoms with E-state index < -0.39 is 0 Å². The van der Waals surface area contributed by atoms with E-state index in [1.807, 2.05) is 4.90 Å². The van der Waals surface area contributed by atoms with Crippen molar-refractivity contribution in [2.24, 2.45) is 5.92 Å². The molecule has 0 aromatic rings. The molecule has 2 aliphatic heterocycles. The third-order valence-electron chi connectivity index (χ3n) is 4.26. The van der Waals surface area contributed by atoms with E-state index in [1.54, 1.807) is 0 Å². The number of piperidine rings is 1. The van der Waals surface area contributed by atoms with E-state index in [9.17, 15) is 9.59 Å². The Bertz CT molecular complexity index is 337. The zero-order chi connectivity index (χ0) is 14.9. The van der Waals surface area contributed by atoms with Crippen LogP contribution in [0.2, 0.25) is 0 Å². The van der Waals surface area contributed by atoms with Crippen molar-refractivity contribution in [3.05, 3.63) is 0 Å². The van der Waals surface area contributed by atoms with Crippen molar-refractivity contribution in [2.75, 3.05) is 45.9 Å². The molecule has 0 aromatic heterocycles. The van der Waals surface area contributed by atoms with Gasteiger partial charge in [0.05, 0.1) is 13.2 Å². The van der Waals surface area contributed by atoms with Crippen LogP contribution in [0.4, 0.5) is 0 Å². The number of rotatable bonds is 6. The Kier molecular flexibility index (Phi) is 6.95. The van der Waals surface area contributed by atoms with Gasteiger partial charge in [-0.05, 0) is 38.3 Å². The molecule has 0 atom stereocenters. The smallest absolute Gasteiger partial charge is 0.224 e. The number of nitrogens with one attached hydrogen (secondary N) is 2. The number of hydrogen-bond donors (Lipinski definition) is 2. The van der Waals surface area contributed by atoms with Gasteiger partial charge in [-0.25, -0.2) is 0 Å². The normalized spacial score (nSPS) is 20.3. The molecule has 6 nitrogen and oxygen atoms in total. The van der Waals surface area contributed by atoms with Gasteiger partial charge in [0.1, 0.15) is 0 Å². The van der Waals surface area contributed by atoms with Gasteiger partial charge in [0.15, 0.2) is 0 Å². The van der Waals surface area contributed by atoms with Crippen LogP contribution in [0.1, 0.15) is 32.1 Å². The van der Waals surface area contributed by atoms with Crippen LogP contribution in [0, 0.1) is 5.92 Å². The van der Waals surface area contributed by atoms with E-state index in [4.69, 9.17) is 4.74 Å². The number of morpholine rings is 1. The highest BCUT2D eigenvalue weighted by Gasteiger charge is 2.17. The number of ether oxygens (including phenoxy) is 1. The average molecular weight is 297 g/mol. The minimum Gasteiger partial charge on any atom is -0.378 e. The Morgan fingerprint density at radius 3 is 2.57 bits per heavy atom. The largest absolute Gasteiger partial charge is 0.378 e. The maximum absolute atomic E-state index is 11.9. The standard InChI is InChI=1S/C15H27N3O3/c19-14(2-1-13-3-6-16-7-4-13)17-8-5-15(20)18-9-11-21-12-10-18/h13,16H,1-12H2,(H,17,19). The number of amides is 2. The molecule has 2 heterocycles. The van der Waals surface area contributed by atoms with Crippen molar-refractivity contribution < 1.29 is 14.3 Å². The fraction of sp³-hybridized carbons (Fsp3) is 0.867. The summed E-state index contributed by atoms with van der Waals surface area (Å²) in [5.74, 6) is 0.854. The zero-order valence-electron chi connectivity index (χ0n) is 12.7. The van der Waals surface area contributed by atoms with Gasteiger partial charge in [-0.15, -0.1) is 0 Å². The van der Waals surface area contributed by atoms with E-state index in [1.165, 1.54) is 12.8 Å². The quantitative estimate of drug-likeness (QED) is 0.731. The molecular formula is C15H27N3O3. The molecule has 6 heteroatoms. The summed E-state index contributed by atoms with van der Waals surface area (Å²) in [6.07, 6.45) is 4.27. The first-order valence-corrected chi connectivity index (χ1v) is 8.08. The number of carbonyl (C=O) groups excluding carboxylic acids is 2. The van der Waals surface area contributed by atoms with Crippen LogP contribution >= 0.6 is 0 Å². The first-order chi connectivity index (χ1) is 10.3. The van der Waals surface area contributed by atoms with Gasteiger partial charge in [-0.1, -0.05) is 0 Å². The van der Waals surface area contributed by atoms with E-state index in [2.05, 4.69) is 10.6 Å². The lowest BCUT2D eigenvalue weighted by Crippen LogP contribution is -2.42. The third kappa shape index (κ3) is 6.01. The molecule has 2 rings (SSSR count). The van der Waals surface area contributed by atoms with Crippen molar-refractivity contribution >= 4 is 11.8 Å². The Hall–Kier alpha value is -1.14. The fourth-order valence-electron chi connectivity index (χ4n) is 2.87. The van der Waals surface area contributed by atoms with Crippen molar-refractivity contribution in [2.45, 2.75) is 32.1 Å². The fourth-order valence-corrected chi connectivity index (χ4v) is 2.87. The molecule has 2 amide bonds. The monoisotopic (exact) mass is 297 g/mol. The lowest BCUT2D eigenvalue weighted by atomic mass is 9.93. The highest BCUT2D eigenvalue weighted by Crippen LogP contribution is 2.17. The summed E-state index contributed by atoms with van der Waals surface area (Å²) in [5.41, 5.74) is 0. The van der Waals surface area contributed by atoms with E-state index in [0.717, 1.165) is 19.5 Å². The van der Waals surface area contributed by atoms with Crippen LogP contribution in [-0.4, -0.2) is 62.7 Å². The Balaban J connectivity index is 1.52. The summed E-state index contributed by atoms with van der Waals surface area (Å²) in [6, 6.07) is 0. The second-order valence-corrected chi connectivity index (χ2v) is 5.83. The topological polar surface area (TPSA) is 70.7 Å². The second kappa shape index (κ2) is 9.00. The molecule has 120 valence electrons. The maximum atomic E-state index is 11.9. The highest BCUT2D eigenvalue weighted by atomic mass is 16.5. The van der Waals surface area contributed by atoms with Crippen LogP contribution in [-0.2, 0) is 14.3 Å². The summed E-state index contributed by atoms with van der Waals surface area (Å²) in [4.78, 5) is 25.5. The molecule has 0 radical (unpaired) electrons. The molecule has 0 aromatic carbocycles. The Labute approximate surface area is 126 Å². The SMILES string of the molecule is O=C(CCC1CCNCC1)NCCC(=O)N1CCOCC1. The summed E-state index contributed by atoms with van der Waals surface area (Å²) in [6.45, 7) is 5.16. The summed E-state index contributed by atoms with van der Waals surface area (Å²) < 4.78 is 5.21.